The van der Waals surface area contributed by atoms with E-state index in [4.69, 9.17) is 6.42 Å². The number of hydrogen-bond acceptors (Lipinski definition) is 1. The molecule has 11 heavy (non-hydrogen) atoms. The molecule has 0 amide bonds. The summed E-state index contributed by atoms with van der Waals surface area (Å²) >= 11 is 0. The summed E-state index contributed by atoms with van der Waals surface area (Å²) in [5.74, 6) is 2.60. The zero-order chi connectivity index (χ0) is 8.27. The number of hydrogen-bond donors (Lipinski definition) is 0. The highest BCUT2D eigenvalue weighted by Gasteiger charge is 1.94. The molecule has 1 heterocycles. The van der Waals surface area contributed by atoms with Crippen LogP contribution in [0.1, 0.15) is 23.9 Å². The number of terminal acetylenes is 1. The molecule has 0 bridgehead atoms. The van der Waals surface area contributed by atoms with Crippen molar-refractivity contribution in [1.82, 2.24) is 4.98 Å². The van der Waals surface area contributed by atoms with Crippen LogP contribution in [0, 0.1) is 19.3 Å². The number of nitrogens with zero attached hydrogens (tertiary/aromatic N) is 1. The maximum Gasteiger partial charge on any atom is 0.0416 e. The van der Waals surface area contributed by atoms with Gasteiger partial charge in [-0.1, -0.05) is 12.8 Å². The van der Waals surface area contributed by atoms with E-state index in [0.717, 1.165) is 23.4 Å². The van der Waals surface area contributed by atoms with Crippen molar-refractivity contribution in [1.29, 1.82) is 0 Å². The van der Waals surface area contributed by atoms with Crippen LogP contribution >= 0.6 is 0 Å². The van der Waals surface area contributed by atoms with Gasteiger partial charge < -0.3 is 0 Å². The third-order valence-corrected chi connectivity index (χ3v) is 1.54. The number of aromatic nitrogens is 1. The second kappa shape index (κ2) is 3.21. The second-order valence-corrected chi connectivity index (χ2v) is 2.49. The summed E-state index contributed by atoms with van der Waals surface area (Å²) in [4.78, 5) is 4.30. The van der Waals surface area contributed by atoms with E-state index in [1.54, 1.807) is 0 Å². The fourth-order valence-electron chi connectivity index (χ4n) is 1.00. The molecule has 0 spiro atoms. The van der Waals surface area contributed by atoms with Gasteiger partial charge >= 0.3 is 0 Å². The Kier molecular flexibility index (Phi) is 2.28. The topological polar surface area (TPSA) is 12.9 Å². The Labute approximate surface area is 67.5 Å². The zero-order valence-corrected chi connectivity index (χ0v) is 6.89. The van der Waals surface area contributed by atoms with Gasteiger partial charge in [0.15, 0.2) is 0 Å². The molecule has 0 aromatic carbocycles. The predicted molar refractivity (Wildman–Crippen MR) is 46.3 cm³/mol. The first-order valence-electron chi connectivity index (χ1n) is 3.70. The van der Waals surface area contributed by atoms with Gasteiger partial charge in [0.05, 0.1) is 0 Å². The second-order valence-electron chi connectivity index (χ2n) is 2.49. The molecule has 0 atom stereocenters. The summed E-state index contributed by atoms with van der Waals surface area (Å²) < 4.78 is 0. The number of aryl methyl sites for hydroxylation is 2. The lowest BCUT2D eigenvalue weighted by Crippen LogP contribution is -1.91. The maximum atomic E-state index is 5.26. The minimum Gasteiger partial charge on any atom is -0.258 e. The Morgan fingerprint density at radius 2 is 2.27 bits per heavy atom. The van der Waals surface area contributed by atoms with Crippen molar-refractivity contribution in [3.63, 3.8) is 0 Å². The van der Waals surface area contributed by atoms with Gasteiger partial charge in [-0.3, -0.25) is 4.98 Å². The summed E-state index contributed by atoms with van der Waals surface area (Å²) in [5.41, 5.74) is 2.99. The first-order chi connectivity index (χ1) is 5.26. The molecule has 1 aromatic heterocycles. The molecule has 0 aliphatic rings. The van der Waals surface area contributed by atoms with Gasteiger partial charge in [0, 0.05) is 17.0 Å². The Balaban J connectivity index is 3.15. The molecule has 0 saturated heterocycles. The Hall–Kier alpha value is -1.29. The van der Waals surface area contributed by atoms with Crippen LogP contribution in [0.2, 0.25) is 0 Å². The van der Waals surface area contributed by atoms with Crippen LogP contribution in [0.25, 0.3) is 0 Å². The van der Waals surface area contributed by atoms with Crippen molar-refractivity contribution in [2.24, 2.45) is 0 Å². The van der Waals surface area contributed by atoms with Gasteiger partial charge in [-0.25, -0.2) is 0 Å². The molecule has 1 heteroatoms. The van der Waals surface area contributed by atoms with Gasteiger partial charge in [0.2, 0.25) is 0 Å². The van der Waals surface area contributed by atoms with E-state index in [1.165, 1.54) is 0 Å². The van der Waals surface area contributed by atoms with Gasteiger partial charge in [0.1, 0.15) is 0 Å². The first kappa shape index (κ1) is 7.81. The Morgan fingerprint density at radius 3 is 2.82 bits per heavy atom. The lowest BCUT2D eigenvalue weighted by Gasteiger charge is -1.98. The van der Waals surface area contributed by atoms with Crippen LogP contribution in [-0.2, 0) is 6.42 Å². The average molecular weight is 145 g/mol. The van der Waals surface area contributed by atoms with Gasteiger partial charge in [-0.15, -0.1) is 6.42 Å². The van der Waals surface area contributed by atoms with E-state index in [1.807, 2.05) is 19.1 Å². The molecule has 1 aromatic rings. The average Bonchev–Trinajstić information content (AvgIpc) is 2.03. The van der Waals surface area contributed by atoms with Crippen LogP contribution in [-0.4, -0.2) is 4.98 Å². The fraction of sp³-hybridized carbons (Fsp3) is 0.300. The van der Waals surface area contributed by atoms with Crippen LogP contribution in [0.15, 0.2) is 12.1 Å². The summed E-state index contributed by atoms with van der Waals surface area (Å²) in [6.45, 7) is 4.03. The van der Waals surface area contributed by atoms with Crippen molar-refractivity contribution in [2.45, 2.75) is 20.3 Å². The van der Waals surface area contributed by atoms with Crippen molar-refractivity contribution < 1.29 is 0 Å². The number of rotatable bonds is 1. The standard InChI is InChI=1S/C10H11N/c1-4-9-6-8(3)11-10(5-2)7-9/h1,6-7H,5H2,2-3H3. The van der Waals surface area contributed by atoms with E-state index in [-0.39, 0.29) is 0 Å². The third kappa shape index (κ3) is 1.81. The Bertz CT molecular complexity index is 294. The molecule has 0 fully saturated rings. The molecule has 1 rings (SSSR count). The Morgan fingerprint density at radius 1 is 1.55 bits per heavy atom. The molecule has 56 valence electrons. The molecule has 0 aliphatic heterocycles. The molecule has 0 aliphatic carbocycles. The fourth-order valence-corrected chi connectivity index (χ4v) is 1.00. The normalized spacial score (nSPS) is 9.18. The SMILES string of the molecule is C#Cc1cc(C)nc(CC)c1. The van der Waals surface area contributed by atoms with E-state index >= 15 is 0 Å². The van der Waals surface area contributed by atoms with Gasteiger partial charge in [-0.05, 0) is 25.5 Å². The summed E-state index contributed by atoms with van der Waals surface area (Å²) in [7, 11) is 0. The van der Waals surface area contributed by atoms with E-state index in [0.29, 0.717) is 0 Å². The highest BCUT2D eigenvalue weighted by Crippen LogP contribution is 2.04. The van der Waals surface area contributed by atoms with E-state index in [2.05, 4.69) is 17.8 Å². The largest absolute Gasteiger partial charge is 0.258 e. The summed E-state index contributed by atoms with van der Waals surface area (Å²) in [6.07, 6.45) is 6.21. The molecular weight excluding hydrogens is 134 g/mol. The minimum atomic E-state index is 0.925. The van der Waals surface area contributed by atoms with Gasteiger partial charge in [0.25, 0.3) is 0 Å². The minimum absolute atomic E-state index is 0.925. The summed E-state index contributed by atoms with van der Waals surface area (Å²) in [5, 5.41) is 0. The quantitative estimate of drug-likeness (QED) is 0.550. The highest BCUT2D eigenvalue weighted by atomic mass is 14.7. The van der Waals surface area contributed by atoms with Crippen molar-refractivity contribution in [2.75, 3.05) is 0 Å². The molecule has 1 nitrogen and oxygen atoms in total. The molecule has 0 N–H and O–H groups in total. The van der Waals surface area contributed by atoms with Crippen molar-refractivity contribution >= 4 is 0 Å². The maximum absolute atomic E-state index is 5.26. The van der Waals surface area contributed by atoms with E-state index < -0.39 is 0 Å². The summed E-state index contributed by atoms with van der Waals surface area (Å²) in [6, 6.07) is 3.87. The van der Waals surface area contributed by atoms with Crippen LogP contribution in [0.4, 0.5) is 0 Å². The third-order valence-electron chi connectivity index (χ3n) is 1.54. The monoisotopic (exact) mass is 145 g/mol. The van der Waals surface area contributed by atoms with E-state index in [9.17, 15) is 0 Å². The molecular formula is C10H11N. The number of pyridine rings is 1. The van der Waals surface area contributed by atoms with Crippen molar-refractivity contribution in [3.8, 4) is 12.3 Å². The highest BCUT2D eigenvalue weighted by molar-refractivity contribution is 5.34. The van der Waals surface area contributed by atoms with Gasteiger partial charge in [-0.2, -0.15) is 0 Å². The van der Waals surface area contributed by atoms with Crippen LogP contribution in [0.3, 0.4) is 0 Å². The molecule has 0 radical (unpaired) electrons. The first-order valence-corrected chi connectivity index (χ1v) is 3.70. The lowest BCUT2D eigenvalue weighted by atomic mass is 10.2. The lowest BCUT2D eigenvalue weighted by molar-refractivity contribution is 1.00. The molecule has 0 saturated carbocycles. The van der Waals surface area contributed by atoms with Crippen LogP contribution in [0.5, 0.6) is 0 Å². The zero-order valence-electron chi connectivity index (χ0n) is 6.89. The molecule has 0 unspecified atom stereocenters. The van der Waals surface area contributed by atoms with Crippen molar-refractivity contribution in [3.05, 3.63) is 29.1 Å². The smallest absolute Gasteiger partial charge is 0.0416 e. The van der Waals surface area contributed by atoms with Crippen LogP contribution < -0.4 is 0 Å². The predicted octanol–water partition coefficient (Wildman–Crippen LogP) is 1.93.